The lowest BCUT2D eigenvalue weighted by Crippen LogP contribution is -2.36. The molecule has 1 unspecified atom stereocenters. The van der Waals surface area contributed by atoms with E-state index < -0.39 is 0 Å². The zero-order chi connectivity index (χ0) is 14.8. The van der Waals surface area contributed by atoms with E-state index >= 15 is 0 Å². The van der Waals surface area contributed by atoms with Gasteiger partial charge in [0.05, 0.1) is 25.9 Å². The molecule has 7 nitrogen and oxygen atoms in total. The Morgan fingerprint density at radius 2 is 2.29 bits per heavy atom. The highest BCUT2D eigenvalue weighted by Crippen LogP contribution is 2.30. The molecule has 0 radical (unpaired) electrons. The predicted molar refractivity (Wildman–Crippen MR) is 75.2 cm³/mol. The van der Waals surface area contributed by atoms with Gasteiger partial charge in [0.1, 0.15) is 17.6 Å². The van der Waals surface area contributed by atoms with Gasteiger partial charge in [-0.2, -0.15) is 0 Å². The molecule has 0 saturated carbocycles. The van der Waals surface area contributed by atoms with Crippen molar-refractivity contribution in [3.63, 3.8) is 0 Å². The third-order valence-corrected chi connectivity index (χ3v) is 3.30. The number of hydrogen-bond acceptors (Lipinski definition) is 6. The number of nitrogens with zero attached hydrogens (tertiary/aromatic N) is 5. The van der Waals surface area contributed by atoms with Crippen LogP contribution < -0.4 is 10.6 Å². The van der Waals surface area contributed by atoms with Crippen LogP contribution in [0.25, 0.3) is 0 Å². The monoisotopic (exact) mass is 290 g/mol. The summed E-state index contributed by atoms with van der Waals surface area (Å²) in [5.74, 6) is -0.0165. The molecule has 3 N–H and O–H groups in total. The second-order valence-electron chi connectivity index (χ2n) is 4.69. The Bertz CT molecular complexity index is 670. The molecule has 0 spiro atoms. The zero-order valence-corrected chi connectivity index (χ0v) is 11.2. The van der Waals surface area contributed by atoms with E-state index in [0.717, 1.165) is 0 Å². The maximum absolute atomic E-state index is 13.4. The standard InChI is InChI=1S/C13H15FN6O/c14-9-2-1-3-10(6-9)20-12(7-16-13(20)15)11-8-19(4-5-21)18-17-11/h1-3,6,8,12,21H,4-5,7H2,(H2,15,16). The van der Waals surface area contributed by atoms with Crippen molar-refractivity contribution < 1.29 is 9.50 Å². The predicted octanol–water partition coefficient (Wildman–Crippen LogP) is 0.285. The number of guanidine groups is 1. The molecule has 21 heavy (non-hydrogen) atoms. The van der Waals surface area contributed by atoms with Crippen LogP contribution in [0.4, 0.5) is 10.1 Å². The molecule has 1 aliphatic heterocycles. The molecular formula is C13H15FN6O. The van der Waals surface area contributed by atoms with E-state index in [-0.39, 0.29) is 18.5 Å². The van der Waals surface area contributed by atoms with Crippen molar-refractivity contribution in [2.75, 3.05) is 18.1 Å². The van der Waals surface area contributed by atoms with Gasteiger partial charge in [-0.05, 0) is 18.2 Å². The Balaban J connectivity index is 1.91. The largest absolute Gasteiger partial charge is 0.394 e. The smallest absolute Gasteiger partial charge is 0.196 e. The van der Waals surface area contributed by atoms with Crippen LogP contribution in [0, 0.1) is 5.82 Å². The SMILES string of the molecule is NC1=NCC(c2cn(CCO)nn2)N1c1cccc(F)c1. The molecule has 1 aromatic carbocycles. The fourth-order valence-corrected chi connectivity index (χ4v) is 2.34. The highest BCUT2D eigenvalue weighted by molar-refractivity contribution is 5.97. The van der Waals surface area contributed by atoms with Crippen LogP contribution in [0.5, 0.6) is 0 Å². The second kappa shape index (κ2) is 5.49. The van der Waals surface area contributed by atoms with Gasteiger partial charge in [0.25, 0.3) is 0 Å². The van der Waals surface area contributed by atoms with Crippen LogP contribution in [-0.2, 0) is 6.54 Å². The summed E-state index contributed by atoms with van der Waals surface area (Å²) in [6, 6.07) is 5.94. The van der Waals surface area contributed by atoms with Gasteiger partial charge in [-0.1, -0.05) is 11.3 Å². The summed E-state index contributed by atoms with van der Waals surface area (Å²) in [7, 11) is 0. The number of aliphatic hydroxyl groups is 1. The summed E-state index contributed by atoms with van der Waals surface area (Å²) in [5.41, 5.74) is 7.21. The van der Waals surface area contributed by atoms with Gasteiger partial charge in [-0.25, -0.2) is 9.07 Å². The topological polar surface area (TPSA) is 92.6 Å². The van der Waals surface area contributed by atoms with Crippen molar-refractivity contribution in [1.29, 1.82) is 0 Å². The van der Waals surface area contributed by atoms with E-state index in [9.17, 15) is 4.39 Å². The Kier molecular flexibility index (Phi) is 3.53. The molecule has 110 valence electrons. The number of aromatic nitrogens is 3. The first-order chi connectivity index (χ1) is 10.2. The van der Waals surface area contributed by atoms with E-state index in [2.05, 4.69) is 15.3 Å². The van der Waals surface area contributed by atoms with Gasteiger partial charge in [0.15, 0.2) is 5.96 Å². The third-order valence-electron chi connectivity index (χ3n) is 3.30. The van der Waals surface area contributed by atoms with Gasteiger partial charge in [-0.3, -0.25) is 4.99 Å². The van der Waals surface area contributed by atoms with Crippen LogP contribution in [0.1, 0.15) is 11.7 Å². The number of aliphatic hydroxyl groups excluding tert-OH is 1. The molecule has 0 aliphatic carbocycles. The number of nitrogens with two attached hydrogens (primary N) is 1. The number of anilines is 1. The Morgan fingerprint density at radius 1 is 1.43 bits per heavy atom. The molecule has 0 bridgehead atoms. The Labute approximate surface area is 120 Å². The molecule has 1 aliphatic rings. The molecule has 8 heteroatoms. The fraction of sp³-hybridized carbons (Fsp3) is 0.308. The first-order valence-corrected chi connectivity index (χ1v) is 6.54. The van der Waals surface area contributed by atoms with Crippen LogP contribution >= 0.6 is 0 Å². The average Bonchev–Trinajstić information content (AvgIpc) is 3.06. The summed E-state index contributed by atoms with van der Waals surface area (Å²) >= 11 is 0. The molecule has 0 saturated heterocycles. The van der Waals surface area contributed by atoms with Crippen molar-refractivity contribution in [3.05, 3.63) is 42.0 Å². The molecule has 3 rings (SSSR count). The lowest BCUT2D eigenvalue weighted by Gasteiger charge is -2.24. The Hall–Kier alpha value is -2.48. The quantitative estimate of drug-likeness (QED) is 0.844. The summed E-state index contributed by atoms with van der Waals surface area (Å²) in [4.78, 5) is 5.94. The van der Waals surface area contributed by atoms with E-state index in [1.165, 1.54) is 12.1 Å². The maximum Gasteiger partial charge on any atom is 0.196 e. The lowest BCUT2D eigenvalue weighted by atomic mass is 10.2. The minimum absolute atomic E-state index is 0.0142. The minimum atomic E-state index is -0.338. The third kappa shape index (κ3) is 2.57. The van der Waals surface area contributed by atoms with E-state index in [1.807, 2.05) is 0 Å². The molecule has 0 amide bonds. The first-order valence-electron chi connectivity index (χ1n) is 6.54. The molecule has 2 aromatic rings. The normalized spacial score (nSPS) is 18.1. The van der Waals surface area contributed by atoms with Gasteiger partial charge in [0.2, 0.25) is 0 Å². The summed E-state index contributed by atoms with van der Waals surface area (Å²) in [5, 5.41) is 16.9. The highest BCUT2D eigenvalue weighted by atomic mass is 19.1. The van der Waals surface area contributed by atoms with Gasteiger partial charge < -0.3 is 15.7 Å². The lowest BCUT2D eigenvalue weighted by molar-refractivity contribution is 0.268. The van der Waals surface area contributed by atoms with Crippen molar-refractivity contribution in [2.24, 2.45) is 10.7 Å². The number of aliphatic imine (C=N–C) groups is 1. The summed E-state index contributed by atoms with van der Waals surface area (Å²) in [6.07, 6.45) is 1.74. The van der Waals surface area contributed by atoms with Crippen LogP contribution in [0.15, 0.2) is 35.5 Å². The van der Waals surface area contributed by atoms with Crippen molar-refractivity contribution in [2.45, 2.75) is 12.6 Å². The van der Waals surface area contributed by atoms with Crippen molar-refractivity contribution in [1.82, 2.24) is 15.0 Å². The maximum atomic E-state index is 13.4. The van der Waals surface area contributed by atoms with Gasteiger partial charge in [0, 0.05) is 5.69 Å². The zero-order valence-electron chi connectivity index (χ0n) is 11.2. The van der Waals surface area contributed by atoms with Crippen LogP contribution in [-0.4, -0.2) is 39.2 Å². The number of halogens is 1. The minimum Gasteiger partial charge on any atom is -0.394 e. The number of hydrogen-bond donors (Lipinski definition) is 2. The van der Waals surface area contributed by atoms with Crippen molar-refractivity contribution in [3.8, 4) is 0 Å². The van der Waals surface area contributed by atoms with Crippen LogP contribution in [0.2, 0.25) is 0 Å². The number of rotatable bonds is 4. The Morgan fingerprint density at radius 3 is 3.05 bits per heavy atom. The molecule has 1 atom stereocenters. The second-order valence-corrected chi connectivity index (χ2v) is 4.69. The first kappa shape index (κ1) is 13.5. The van der Waals surface area contributed by atoms with Crippen molar-refractivity contribution >= 4 is 11.6 Å². The van der Waals surface area contributed by atoms with Gasteiger partial charge in [-0.15, -0.1) is 5.10 Å². The highest BCUT2D eigenvalue weighted by Gasteiger charge is 2.31. The average molecular weight is 290 g/mol. The van der Waals surface area contributed by atoms with E-state index in [1.54, 1.807) is 27.9 Å². The number of benzene rings is 1. The summed E-state index contributed by atoms with van der Waals surface area (Å²) < 4.78 is 15.0. The molecule has 0 fully saturated rings. The van der Waals surface area contributed by atoms with E-state index in [0.29, 0.717) is 30.4 Å². The van der Waals surface area contributed by atoms with E-state index in [4.69, 9.17) is 10.8 Å². The molecule has 2 heterocycles. The molecule has 1 aromatic heterocycles. The molecular weight excluding hydrogens is 275 g/mol. The van der Waals surface area contributed by atoms with Gasteiger partial charge >= 0.3 is 0 Å². The summed E-state index contributed by atoms with van der Waals surface area (Å²) in [6.45, 7) is 0.788. The fourth-order valence-electron chi connectivity index (χ4n) is 2.34. The van der Waals surface area contributed by atoms with Crippen LogP contribution in [0.3, 0.4) is 0 Å².